The van der Waals surface area contributed by atoms with E-state index in [9.17, 15) is 0 Å². The molecule has 2 aromatic rings. The molecule has 1 aliphatic heterocycles. The molecule has 0 amide bonds. The van der Waals surface area contributed by atoms with Crippen molar-refractivity contribution in [1.29, 1.82) is 0 Å². The molecule has 3 heteroatoms. The third kappa shape index (κ3) is 3.15. The zero-order chi connectivity index (χ0) is 17.6. The average Bonchev–Trinajstić information content (AvgIpc) is 3.06. The Bertz CT molecular complexity index is 737. The van der Waals surface area contributed by atoms with Gasteiger partial charge in [-0.25, -0.2) is 0 Å². The van der Waals surface area contributed by atoms with Gasteiger partial charge < -0.3 is 4.90 Å². The Kier molecular flexibility index (Phi) is 4.45. The van der Waals surface area contributed by atoms with Gasteiger partial charge >= 0.3 is 0 Å². The minimum absolute atomic E-state index is 0.771. The molecule has 0 N–H and O–H groups in total. The van der Waals surface area contributed by atoms with Crippen molar-refractivity contribution in [3.05, 3.63) is 41.2 Å². The fraction of sp³-hybridized carbons (Fsp3) is 0.591. The molecular formula is C22H31N3. The lowest BCUT2D eigenvalue weighted by atomic mass is 9.71. The van der Waals surface area contributed by atoms with Gasteiger partial charge in [0.25, 0.3) is 0 Å². The Morgan fingerprint density at radius 1 is 1.12 bits per heavy atom. The summed E-state index contributed by atoms with van der Waals surface area (Å²) in [5, 5.41) is 4.55. The molecule has 0 spiro atoms. The van der Waals surface area contributed by atoms with Gasteiger partial charge in [-0.1, -0.05) is 24.3 Å². The molecule has 1 saturated carbocycles. The summed E-state index contributed by atoms with van der Waals surface area (Å²) >= 11 is 0. The summed E-state index contributed by atoms with van der Waals surface area (Å²) in [5.41, 5.74) is 6.48. The molecule has 1 aromatic carbocycles. The highest BCUT2D eigenvalue weighted by molar-refractivity contribution is 5.68. The maximum absolute atomic E-state index is 4.55. The standard InChI is InChI=1S/C22H31N3/c1-15-6-5-11-25(15)14-18-12-21(13-18)19-7-9-20(10-8-19)22-16(2)23-24(4)17(22)3/h7-10,15,18,21H,5-6,11-14H2,1-4H3/t15-,18-,21+/m1/s1. The predicted molar refractivity (Wildman–Crippen MR) is 104 cm³/mol. The third-order valence-electron chi connectivity index (χ3n) is 6.60. The van der Waals surface area contributed by atoms with Crippen LogP contribution in [0.1, 0.15) is 55.5 Å². The van der Waals surface area contributed by atoms with Gasteiger partial charge in [0, 0.05) is 30.9 Å². The minimum Gasteiger partial charge on any atom is -0.300 e. The molecule has 4 rings (SSSR count). The van der Waals surface area contributed by atoms with Crippen molar-refractivity contribution in [2.75, 3.05) is 13.1 Å². The van der Waals surface area contributed by atoms with Crippen LogP contribution in [-0.4, -0.2) is 33.8 Å². The molecule has 1 aromatic heterocycles. The molecule has 3 nitrogen and oxygen atoms in total. The molecule has 1 aliphatic carbocycles. The fourth-order valence-electron chi connectivity index (χ4n) is 4.87. The Hall–Kier alpha value is -1.61. The van der Waals surface area contributed by atoms with Crippen molar-refractivity contribution in [3.8, 4) is 11.1 Å². The Balaban J connectivity index is 1.39. The topological polar surface area (TPSA) is 21.1 Å². The second-order valence-corrected chi connectivity index (χ2v) is 8.31. The van der Waals surface area contributed by atoms with Crippen molar-refractivity contribution in [2.45, 2.75) is 58.4 Å². The lowest BCUT2D eigenvalue weighted by molar-refractivity contribution is 0.154. The van der Waals surface area contributed by atoms with E-state index in [0.29, 0.717) is 0 Å². The van der Waals surface area contributed by atoms with Gasteiger partial charge in [-0.15, -0.1) is 0 Å². The minimum atomic E-state index is 0.771. The largest absolute Gasteiger partial charge is 0.300 e. The lowest BCUT2D eigenvalue weighted by Gasteiger charge is -2.39. The summed E-state index contributed by atoms with van der Waals surface area (Å²) in [6.07, 6.45) is 5.53. The molecule has 134 valence electrons. The second kappa shape index (κ2) is 6.60. The molecule has 1 atom stereocenters. The van der Waals surface area contributed by atoms with Gasteiger partial charge in [-0.05, 0) is 76.0 Å². The van der Waals surface area contributed by atoms with E-state index in [1.807, 2.05) is 11.7 Å². The summed E-state index contributed by atoms with van der Waals surface area (Å²) < 4.78 is 1.98. The van der Waals surface area contributed by atoms with Crippen molar-refractivity contribution in [2.24, 2.45) is 13.0 Å². The summed E-state index contributed by atoms with van der Waals surface area (Å²) in [6.45, 7) is 9.29. The smallest absolute Gasteiger partial charge is 0.0674 e. The summed E-state index contributed by atoms with van der Waals surface area (Å²) in [7, 11) is 2.02. The lowest BCUT2D eigenvalue weighted by Crippen LogP contribution is -2.37. The summed E-state index contributed by atoms with van der Waals surface area (Å²) in [6, 6.07) is 10.1. The van der Waals surface area contributed by atoms with Gasteiger partial charge in [0.15, 0.2) is 0 Å². The highest BCUT2D eigenvalue weighted by Gasteiger charge is 2.33. The van der Waals surface area contributed by atoms with Crippen molar-refractivity contribution < 1.29 is 0 Å². The first kappa shape index (κ1) is 16.8. The third-order valence-corrected chi connectivity index (χ3v) is 6.60. The van der Waals surface area contributed by atoms with Crippen LogP contribution < -0.4 is 0 Å². The average molecular weight is 338 g/mol. The highest BCUT2D eigenvalue weighted by atomic mass is 15.3. The van der Waals surface area contributed by atoms with Crippen LogP contribution in [0, 0.1) is 19.8 Å². The number of hydrogen-bond donors (Lipinski definition) is 0. The van der Waals surface area contributed by atoms with Crippen LogP contribution in [0.3, 0.4) is 0 Å². The Morgan fingerprint density at radius 3 is 2.40 bits per heavy atom. The van der Waals surface area contributed by atoms with E-state index in [2.05, 4.69) is 55.0 Å². The van der Waals surface area contributed by atoms with Crippen molar-refractivity contribution in [3.63, 3.8) is 0 Å². The number of aryl methyl sites for hydroxylation is 2. The van der Waals surface area contributed by atoms with Crippen LogP contribution in [0.2, 0.25) is 0 Å². The van der Waals surface area contributed by atoms with E-state index < -0.39 is 0 Å². The maximum Gasteiger partial charge on any atom is 0.0674 e. The van der Waals surface area contributed by atoms with E-state index in [1.165, 1.54) is 61.2 Å². The molecule has 2 aliphatic rings. The number of likely N-dealkylation sites (tertiary alicyclic amines) is 1. The predicted octanol–water partition coefficient (Wildman–Crippen LogP) is 4.68. The SMILES string of the molecule is Cc1nn(C)c(C)c1-c1ccc([C@H]2C[C@@H](CN3CCC[C@H]3C)C2)cc1. The molecule has 2 fully saturated rings. The van der Waals surface area contributed by atoms with Crippen LogP contribution >= 0.6 is 0 Å². The number of nitrogens with zero attached hydrogens (tertiary/aromatic N) is 3. The fourth-order valence-corrected chi connectivity index (χ4v) is 4.87. The molecular weight excluding hydrogens is 306 g/mol. The summed E-state index contributed by atoms with van der Waals surface area (Å²) in [4.78, 5) is 2.71. The second-order valence-electron chi connectivity index (χ2n) is 8.31. The number of rotatable bonds is 4. The van der Waals surface area contributed by atoms with Gasteiger partial charge in [0.1, 0.15) is 0 Å². The first-order valence-electron chi connectivity index (χ1n) is 9.87. The van der Waals surface area contributed by atoms with Crippen LogP contribution in [0.5, 0.6) is 0 Å². The molecule has 2 heterocycles. The molecule has 0 bridgehead atoms. The number of aromatic nitrogens is 2. The van der Waals surface area contributed by atoms with E-state index in [1.54, 1.807) is 0 Å². The van der Waals surface area contributed by atoms with Crippen LogP contribution in [-0.2, 0) is 7.05 Å². The quantitative estimate of drug-likeness (QED) is 0.807. The molecule has 0 radical (unpaired) electrons. The zero-order valence-electron chi connectivity index (χ0n) is 16.1. The van der Waals surface area contributed by atoms with Gasteiger partial charge in [-0.3, -0.25) is 4.68 Å². The van der Waals surface area contributed by atoms with Crippen LogP contribution in [0.4, 0.5) is 0 Å². The van der Waals surface area contributed by atoms with E-state index in [4.69, 9.17) is 0 Å². The summed E-state index contributed by atoms with van der Waals surface area (Å²) in [5.74, 6) is 1.68. The van der Waals surface area contributed by atoms with E-state index >= 15 is 0 Å². The molecule has 25 heavy (non-hydrogen) atoms. The Labute approximate surface area is 152 Å². The Morgan fingerprint density at radius 2 is 1.84 bits per heavy atom. The maximum atomic E-state index is 4.55. The number of benzene rings is 1. The first-order valence-corrected chi connectivity index (χ1v) is 9.87. The van der Waals surface area contributed by atoms with E-state index in [0.717, 1.165) is 23.6 Å². The zero-order valence-corrected chi connectivity index (χ0v) is 16.1. The molecule has 0 unspecified atom stereocenters. The van der Waals surface area contributed by atoms with Crippen LogP contribution in [0.15, 0.2) is 24.3 Å². The van der Waals surface area contributed by atoms with E-state index in [-0.39, 0.29) is 0 Å². The van der Waals surface area contributed by atoms with Gasteiger partial charge in [0.2, 0.25) is 0 Å². The van der Waals surface area contributed by atoms with Crippen molar-refractivity contribution >= 4 is 0 Å². The molecule has 1 saturated heterocycles. The highest BCUT2D eigenvalue weighted by Crippen LogP contribution is 2.43. The first-order chi connectivity index (χ1) is 12.0. The van der Waals surface area contributed by atoms with Gasteiger partial charge in [-0.2, -0.15) is 5.10 Å². The van der Waals surface area contributed by atoms with Gasteiger partial charge in [0.05, 0.1) is 5.69 Å². The monoisotopic (exact) mass is 337 g/mol. The van der Waals surface area contributed by atoms with Crippen LogP contribution in [0.25, 0.3) is 11.1 Å². The normalized spacial score (nSPS) is 26.8. The number of hydrogen-bond acceptors (Lipinski definition) is 2. The van der Waals surface area contributed by atoms with Crippen molar-refractivity contribution in [1.82, 2.24) is 14.7 Å².